The molecule has 1 saturated heterocycles. The van der Waals surface area contributed by atoms with Crippen molar-refractivity contribution in [2.24, 2.45) is 0 Å². The van der Waals surface area contributed by atoms with Gasteiger partial charge >= 0.3 is 0 Å². The predicted octanol–water partition coefficient (Wildman–Crippen LogP) is 2.27. The van der Waals surface area contributed by atoms with E-state index in [1.54, 1.807) is 0 Å². The summed E-state index contributed by atoms with van der Waals surface area (Å²) in [6.45, 7) is 12.2. The lowest BCUT2D eigenvalue weighted by Crippen LogP contribution is -2.43. The van der Waals surface area contributed by atoms with Gasteiger partial charge in [-0.2, -0.15) is 0 Å². The third-order valence-corrected chi connectivity index (χ3v) is 3.54. The second-order valence-electron chi connectivity index (χ2n) is 5.03. The fourth-order valence-electron chi connectivity index (χ4n) is 2.62. The molecule has 0 saturated carbocycles. The maximum absolute atomic E-state index is 5.72. The van der Waals surface area contributed by atoms with Crippen LogP contribution in [-0.2, 0) is 4.74 Å². The Bertz CT molecular complexity index is 175. The molecule has 17 heavy (non-hydrogen) atoms. The first-order valence-corrected chi connectivity index (χ1v) is 7.37. The van der Waals surface area contributed by atoms with Crippen molar-refractivity contribution < 1.29 is 4.74 Å². The Balaban J connectivity index is 2.31. The van der Waals surface area contributed by atoms with Crippen molar-refractivity contribution in [2.45, 2.75) is 58.6 Å². The Morgan fingerprint density at radius 2 is 2.18 bits per heavy atom. The molecule has 2 atom stereocenters. The summed E-state index contributed by atoms with van der Waals surface area (Å²) in [4.78, 5) is 2.54. The average molecular weight is 242 g/mol. The van der Waals surface area contributed by atoms with Crippen molar-refractivity contribution in [3.05, 3.63) is 0 Å². The normalized spacial score (nSPS) is 22.2. The smallest absolute Gasteiger partial charge is 0.0702 e. The van der Waals surface area contributed by atoms with Gasteiger partial charge in [0, 0.05) is 25.7 Å². The third-order valence-electron chi connectivity index (χ3n) is 3.54. The van der Waals surface area contributed by atoms with E-state index in [4.69, 9.17) is 4.74 Å². The number of nitrogens with one attached hydrogen (secondary N) is 1. The van der Waals surface area contributed by atoms with E-state index in [0.717, 1.165) is 32.8 Å². The van der Waals surface area contributed by atoms with Crippen LogP contribution in [0.1, 0.15) is 46.5 Å². The zero-order chi connectivity index (χ0) is 12.5. The van der Waals surface area contributed by atoms with Gasteiger partial charge in [0.05, 0.1) is 6.10 Å². The standard InChI is InChI=1S/C14H30N2O/c1-4-8-13(15-5-2)11-16(6-3)12-14-9-7-10-17-14/h13-15H,4-12H2,1-3H3. The van der Waals surface area contributed by atoms with E-state index in [9.17, 15) is 0 Å². The Morgan fingerprint density at radius 1 is 1.35 bits per heavy atom. The molecule has 0 aliphatic carbocycles. The van der Waals surface area contributed by atoms with Crippen LogP contribution in [0.15, 0.2) is 0 Å². The van der Waals surface area contributed by atoms with Crippen LogP contribution >= 0.6 is 0 Å². The van der Waals surface area contributed by atoms with Crippen LogP contribution in [-0.4, -0.2) is 49.8 Å². The molecule has 0 aromatic carbocycles. The lowest BCUT2D eigenvalue weighted by Gasteiger charge is -2.28. The Hall–Kier alpha value is -0.120. The minimum atomic E-state index is 0.485. The highest BCUT2D eigenvalue weighted by atomic mass is 16.5. The third kappa shape index (κ3) is 5.84. The summed E-state index contributed by atoms with van der Waals surface area (Å²) in [7, 11) is 0. The second kappa shape index (κ2) is 8.90. The molecule has 1 aliphatic rings. The largest absolute Gasteiger partial charge is 0.377 e. The van der Waals surface area contributed by atoms with Gasteiger partial charge < -0.3 is 10.1 Å². The molecule has 0 spiro atoms. The molecule has 1 heterocycles. The monoisotopic (exact) mass is 242 g/mol. The summed E-state index contributed by atoms with van der Waals surface area (Å²) in [5.74, 6) is 0. The van der Waals surface area contributed by atoms with Crippen molar-refractivity contribution in [3.63, 3.8) is 0 Å². The van der Waals surface area contributed by atoms with Gasteiger partial charge in [0.2, 0.25) is 0 Å². The number of rotatable bonds is 9. The summed E-state index contributed by atoms with van der Waals surface area (Å²) in [5.41, 5.74) is 0. The van der Waals surface area contributed by atoms with Crippen molar-refractivity contribution in [2.75, 3.05) is 32.8 Å². The van der Waals surface area contributed by atoms with E-state index in [2.05, 4.69) is 31.0 Å². The molecular formula is C14H30N2O. The Labute approximate surface area is 107 Å². The van der Waals surface area contributed by atoms with Gasteiger partial charge in [0.25, 0.3) is 0 Å². The lowest BCUT2D eigenvalue weighted by molar-refractivity contribution is 0.0712. The van der Waals surface area contributed by atoms with Crippen molar-refractivity contribution in [1.29, 1.82) is 0 Å². The minimum Gasteiger partial charge on any atom is -0.377 e. The Morgan fingerprint density at radius 3 is 2.71 bits per heavy atom. The van der Waals surface area contributed by atoms with E-state index in [1.807, 2.05) is 0 Å². The van der Waals surface area contributed by atoms with Crippen molar-refractivity contribution in [1.82, 2.24) is 10.2 Å². The SMILES string of the molecule is CCCC(CN(CC)CC1CCCO1)NCC. The number of nitrogens with zero attached hydrogens (tertiary/aromatic N) is 1. The van der Waals surface area contributed by atoms with Crippen LogP contribution in [0.2, 0.25) is 0 Å². The number of likely N-dealkylation sites (N-methyl/N-ethyl adjacent to an activating group) is 2. The van der Waals surface area contributed by atoms with Crippen LogP contribution < -0.4 is 5.32 Å². The van der Waals surface area contributed by atoms with Crippen LogP contribution in [0, 0.1) is 0 Å². The summed E-state index contributed by atoms with van der Waals surface area (Å²) in [6, 6.07) is 0.645. The number of hydrogen-bond acceptors (Lipinski definition) is 3. The zero-order valence-electron chi connectivity index (χ0n) is 11.9. The van der Waals surface area contributed by atoms with E-state index < -0.39 is 0 Å². The molecule has 3 heteroatoms. The molecule has 1 N–H and O–H groups in total. The zero-order valence-corrected chi connectivity index (χ0v) is 11.9. The van der Waals surface area contributed by atoms with Gasteiger partial charge in [-0.25, -0.2) is 0 Å². The van der Waals surface area contributed by atoms with Gasteiger partial charge in [0.15, 0.2) is 0 Å². The number of hydrogen-bond donors (Lipinski definition) is 1. The first-order valence-electron chi connectivity index (χ1n) is 7.37. The summed E-state index contributed by atoms with van der Waals surface area (Å²) in [6.07, 6.45) is 5.51. The molecule has 0 aromatic heterocycles. The predicted molar refractivity (Wildman–Crippen MR) is 73.5 cm³/mol. The van der Waals surface area contributed by atoms with Gasteiger partial charge in [-0.05, 0) is 32.4 Å². The lowest BCUT2D eigenvalue weighted by atomic mass is 10.1. The van der Waals surface area contributed by atoms with Crippen molar-refractivity contribution >= 4 is 0 Å². The van der Waals surface area contributed by atoms with E-state index in [1.165, 1.54) is 25.7 Å². The first-order chi connectivity index (χ1) is 8.30. The molecule has 1 rings (SSSR count). The minimum absolute atomic E-state index is 0.485. The highest BCUT2D eigenvalue weighted by Gasteiger charge is 2.20. The maximum atomic E-state index is 5.72. The van der Waals surface area contributed by atoms with Crippen LogP contribution in [0.3, 0.4) is 0 Å². The fourth-order valence-corrected chi connectivity index (χ4v) is 2.62. The molecule has 2 unspecified atom stereocenters. The van der Waals surface area contributed by atoms with E-state index in [-0.39, 0.29) is 0 Å². The van der Waals surface area contributed by atoms with Crippen LogP contribution in [0.4, 0.5) is 0 Å². The molecule has 1 aliphatic heterocycles. The molecule has 0 amide bonds. The fraction of sp³-hybridized carbons (Fsp3) is 1.00. The quantitative estimate of drug-likeness (QED) is 0.671. The molecule has 3 nitrogen and oxygen atoms in total. The molecule has 102 valence electrons. The maximum Gasteiger partial charge on any atom is 0.0702 e. The van der Waals surface area contributed by atoms with Gasteiger partial charge in [-0.15, -0.1) is 0 Å². The van der Waals surface area contributed by atoms with Crippen LogP contribution in [0.25, 0.3) is 0 Å². The number of ether oxygens (including phenoxy) is 1. The van der Waals surface area contributed by atoms with Crippen LogP contribution in [0.5, 0.6) is 0 Å². The van der Waals surface area contributed by atoms with E-state index >= 15 is 0 Å². The highest BCUT2D eigenvalue weighted by Crippen LogP contribution is 2.13. The summed E-state index contributed by atoms with van der Waals surface area (Å²) in [5, 5.41) is 3.59. The van der Waals surface area contributed by atoms with Gasteiger partial charge in [-0.3, -0.25) is 4.90 Å². The molecule has 0 radical (unpaired) electrons. The average Bonchev–Trinajstić information content (AvgIpc) is 2.81. The van der Waals surface area contributed by atoms with E-state index in [0.29, 0.717) is 12.1 Å². The van der Waals surface area contributed by atoms with Gasteiger partial charge in [-0.1, -0.05) is 27.2 Å². The van der Waals surface area contributed by atoms with Crippen molar-refractivity contribution in [3.8, 4) is 0 Å². The topological polar surface area (TPSA) is 24.5 Å². The first kappa shape index (κ1) is 14.9. The Kier molecular flexibility index (Phi) is 7.82. The molecule has 0 aromatic rings. The molecule has 1 fully saturated rings. The summed E-state index contributed by atoms with van der Waals surface area (Å²) >= 11 is 0. The molecule has 0 bridgehead atoms. The molecular weight excluding hydrogens is 212 g/mol. The highest BCUT2D eigenvalue weighted by molar-refractivity contribution is 4.75. The van der Waals surface area contributed by atoms with Gasteiger partial charge in [0.1, 0.15) is 0 Å². The summed E-state index contributed by atoms with van der Waals surface area (Å²) < 4.78 is 5.72. The second-order valence-corrected chi connectivity index (χ2v) is 5.03.